The summed E-state index contributed by atoms with van der Waals surface area (Å²) in [7, 11) is 0. The standard InChI is InChI=1S/C29H35NO4/c1-18-15-21-22(28(4,5)12-11-27(21,2)3)16-20(18)29(33-13-14-34-29)25-10-9-19(17-30-25)26-23(31)7-6-8-24(26)32/h9-10,15-17,31H,6-8,11-14H2,1-5H3. The van der Waals surface area contributed by atoms with E-state index >= 15 is 0 Å². The molecule has 34 heavy (non-hydrogen) atoms. The topological polar surface area (TPSA) is 68.7 Å². The van der Waals surface area contributed by atoms with Crippen LogP contribution in [-0.2, 0) is 30.9 Å². The Morgan fingerprint density at radius 3 is 2.15 bits per heavy atom. The van der Waals surface area contributed by atoms with E-state index in [0.717, 1.165) is 24.0 Å². The number of benzene rings is 1. The SMILES string of the molecule is Cc1cc2c(cc1C1(c3ccc(C4=C(O)CCCC4=O)cn3)OCCO1)C(C)(C)CCC2(C)C. The Kier molecular flexibility index (Phi) is 5.49. The van der Waals surface area contributed by atoms with Crippen LogP contribution in [0.1, 0.15) is 93.3 Å². The minimum Gasteiger partial charge on any atom is -0.512 e. The van der Waals surface area contributed by atoms with Crippen molar-refractivity contribution in [2.75, 3.05) is 13.2 Å². The van der Waals surface area contributed by atoms with Gasteiger partial charge in [-0.1, -0.05) is 39.8 Å². The van der Waals surface area contributed by atoms with Crippen molar-refractivity contribution < 1.29 is 19.4 Å². The van der Waals surface area contributed by atoms with Gasteiger partial charge in [-0.3, -0.25) is 9.78 Å². The molecule has 1 N–H and O–H groups in total. The fourth-order valence-electron chi connectivity index (χ4n) is 5.82. The van der Waals surface area contributed by atoms with Crippen LogP contribution in [0.2, 0.25) is 0 Å². The number of fused-ring (bicyclic) bond motifs is 1. The monoisotopic (exact) mass is 461 g/mol. The van der Waals surface area contributed by atoms with E-state index in [2.05, 4.69) is 46.8 Å². The number of carbonyl (C=O) groups is 1. The van der Waals surface area contributed by atoms with Crippen LogP contribution >= 0.6 is 0 Å². The van der Waals surface area contributed by atoms with Gasteiger partial charge in [0, 0.05) is 30.2 Å². The van der Waals surface area contributed by atoms with Crippen molar-refractivity contribution in [3.05, 3.63) is 69.7 Å². The largest absolute Gasteiger partial charge is 0.512 e. The summed E-state index contributed by atoms with van der Waals surface area (Å²) in [6.07, 6.45) is 5.63. The second-order valence-electron chi connectivity index (χ2n) is 11.3. The zero-order valence-corrected chi connectivity index (χ0v) is 21.0. The number of rotatable bonds is 3. The van der Waals surface area contributed by atoms with Crippen LogP contribution in [-0.4, -0.2) is 29.1 Å². The van der Waals surface area contributed by atoms with Crippen molar-refractivity contribution in [1.29, 1.82) is 0 Å². The number of hydrogen-bond donors (Lipinski definition) is 1. The summed E-state index contributed by atoms with van der Waals surface area (Å²) < 4.78 is 12.6. The third kappa shape index (κ3) is 3.61. The van der Waals surface area contributed by atoms with Crippen LogP contribution in [0.5, 0.6) is 0 Å². The lowest BCUT2D eigenvalue weighted by molar-refractivity contribution is -0.133. The number of ether oxygens (including phenoxy) is 2. The van der Waals surface area contributed by atoms with Gasteiger partial charge in [-0.2, -0.15) is 0 Å². The van der Waals surface area contributed by atoms with Gasteiger partial charge in [0.2, 0.25) is 5.79 Å². The first-order chi connectivity index (χ1) is 16.1. The van der Waals surface area contributed by atoms with Crippen LogP contribution < -0.4 is 0 Å². The molecular weight excluding hydrogens is 426 g/mol. The van der Waals surface area contributed by atoms with Gasteiger partial charge in [0.15, 0.2) is 5.78 Å². The van der Waals surface area contributed by atoms with Gasteiger partial charge >= 0.3 is 0 Å². The molecule has 0 spiro atoms. The molecule has 5 nitrogen and oxygen atoms in total. The highest BCUT2D eigenvalue weighted by atomic mass is 16.7. The summed E-state index contributed by atoms with van der Waals surface area (Å²) in [5.41, 5.74) is 6.75. The molecule has 0 bridgehead atoms. The molecule has 2 aliphatic carbocycles. The van der Waals surface area contributed by atoms with E-state index in [1.807, 2.05) is 12.1 Å². The number of ketones is 1. The molecule has 180 valence electrons. The zero-order chi connectivity index (χ0) is 24.3. The number of hydrogen-bond acceptors (Lipinski definition) is 5. The number of aromatic nitrogens is 1. The van der Waals surface area contributed by atoms with E-state index in [-0.39, 0.29) is 22.4 Å². The first kappa shape index (κ1) is 23.3. The lowest BCUT2D eigenvalue weighted by Gasteiger charge is -2.43. The van der Waals surface area contributed by atoms with Crippen molar-refractivity contribution in [3.63, 3.8) is 0 Å². The maximum Gasteiger partial charge on any atom is 0.240 e. The Morgan fingerprint density at radius 2 is 1.56 bits per heavy atom. The highest BCUT2D eigenvalue weighted by Crippen LogP contribution is 2.49. The van der Waals surface area contributed by atoms with Crippen LogP contribution in [0.25, 0.3) is 5.57 Å². The number of pyridine rings is 1. The van der Waals surface area contributed by atoms with E-state index in [9.17, 15) is 9.90 Å². The van der Waals surface area contributed by atoms with Gasteiger partial charge in [0.1, 0.15) is 11.5 Å². The average molecular weight is 462 g/mol. The number of nitrogens with zero attached hydrogens (tertiary/aromatic N) is 1. The van der Waals surface area contributed by atoms with E-state index < -0.39 is 5.79 Å². The van der Waals surface area contributed by atoms with Crippen molar-refractivity contribution in [2.45, 2.75) is 83.3 Å². The Morgan fingerprint density at radius 1 is 0.912 bits per heavy atom. The van der Waals surface area contributed by atoms with Gasteiger partial charge in [0.05, 0.1) is 18.8 Å². The Labute approximate surface area is 202 Å². The molecule has 1 saturated heterocycles. The number of aryl methyl sites for hydroxylation is 1. The quantitative estimate of drug-likeness (QED) is 0.606. The molecule has 5 rings (SSSR count). The van der Waals surface area contributed by atoms with Crippen LogP contribution in [0, 0.1) is 6.92 Å². The van der Waals surface area contributed by atoms with Crippen LogP contribution in [0.3, 0.4) is 0 Å². The number of aliphatic hydroxyl groups is 1. The molecule has 0 saturated carbocycles. The Bertz CT molecular complexity index is 1170. The van der Waals surface area contributed by atoms with Crippen molar-refractivity contribution >= 4 is 11.4 Å². The van der Waals surface area contributed by atoms with Crippen LogP contribution in [0.15, 0.2) is 36.2 Å². The lowest BCUT2D eigenvalue weighted by atomic mass is 9.62. The fourth-order valence-corrected chi connectivity index (χ4v) is 5.82. The summed E-state index contributed by atoms with van der Waals surface area (Å²) >= 11 is 0. The first-order valence-corrected chi connectivity index (χ1v) is 12.4. The number of aliphatic hydroxyl groups excluding tert-OH is 1. The zero-order valence-electron chi connectivity index (χ0n) is 21.0. The number of allylic oxidation sites excluding steroid dienone is 2. The second kappa shape index (κ2) is 8.03. The molecule has 3 aliphatic rings. The molecule has 1 aromatic heterocycles. The van der Waals surface area contributed by atoms with Gasteiger partial charge in [-0.05, 0) is 65.8 Å². The summed E-state index contributed by atoms with van der Waals surface area (Å²) in [6, 6.07) is 8.32. The molecule has 2 aromatic rings. The van der Waals surface area contributed by atoms with Crippen LogP contribution in [0.4, 0.5) is 0 Å². The third-order valence-electron chi connectivity index (χ3n) is 8.02. The number of Topliss-reactive ketones (excluding diaryl/α,β-unsaturated/α-hetero) is 1. The minimum absolute atomic E-state index is 0.0308. The third-order valence-corrected chi connectivity index (χ3v) is 8.02. The predicted molar refractivity (Wildman–Crippen MR) is 132 cm³/mol. The van der Waals surface area contributed by atoms with Gasteiger partial charge in [0.25, 0.3) is 0 Å². The molecule has 0 atom stereocenters. The summed E-state index contributed by atoms with van der Waals surface area (Å²) in [5, 5.41) is 10.3. The van der Waals surface area contributed by atoms with E-state index in [1.54, 1.807) is 6.20 Å². The maximum absolute atomic E-state index is 12.4. The molecule has 0 radical (unpaired) electrons. The molecule has 1 aromatic carbocycles. The van der Waals surface area contributed by atoms with Gasteiger partial charge in [-0.15, -0.1) is 0 Å². The average Bonchev–Trinajstić information content (AvgIpc) is 3.28. The summed E-state index contributed by atoms with van der Waals surface area (Å²) in [4.78, 5) is 17.2. The normalized spacial score (nSPS) is 23.1. The van der Waals surface area contributed by atoms with Crippen molar-refractivity contribution in [3.8, 4) is 0 Å². The van der Waals surface area contributed by atoms with E-state index in [0.29, 0.717) is 49.3 Å². The summed E-state index contributed by atoms with van der Waals surface area (Å²) in [5.74, 6) is -0.955. The molecule has 1 aliphatic heterocycles. The highest BCUT2D eigenvalue weighted by Gasteiger charge is 2.46. The predicted octanol–water partition coefficient (Wildman–Crippen LogP) is 6.01. The van der Waals surface area contributed by atoms with Crippen molar-refractivity contribution in [2.24, 2.45) is 0 Å². The Balaban J connectivity index is 1.62. The Hall–Kier alpha value is -2.50. The van der Waals surface area contributed by atoms with Gasteiger partial charge in [-0.25, -0.2) is 0 Å². The fraction of sp³-hybridized carbons (Fsp3) is 0.517. The molecule has 0 unspecified atom stereocenters. The minimum atomic E-state index is -1.08. The number of carbonyl (C=O) groups excluding carboxylic acids is 1. The van der Waals surface area contributed by atoms with Gasteiger partial charge < -0.3 is 14.6 Å². The molecule has 2 heterocycles. The van der Waals surface area contributed by atoms with Crippen molar-refractivity contribution in [1.82, 2.24) is 4.98 Å². The molecular formula is C29H35NO4. The molecule has 1 fully saturated rings. The highest BCUT2D eigenvalue weighted by molar-refractivity contribution is 6.21. The molecule has 5 heteroatoms. The maximum atomic E-state index is 12.4. The van der Waals surface area contributed by atoms with E-state index in [1.165, 1.54) is 11.1 Å². The summed E-state index contributed by atoms with van der Waals surface area (Å²) in [6.45, 7) is 12.4. The smallest absolute Gasteiger partial charge is 0.240 e. The molecule has 0 amide bonds. The second-order valence-corrected chi connectivity index (χ2v) is 11.3. The van der Waals surface area contributed by atoms with E-state index in [4.69, 9.17) is 14.5 Å². The lowest BCUT2D eigenvalue weighted by Crippen LogP contribution is -2.36. The first-order valence-electron chi connectivity index (χ1n) is 12.4.